The number of nitrogens with one attached hydrogen (secondary N) is 1. The molecule has 0 spiro atoms. The predicted octanol–water partition coefficient (Wildman–Crippen LogP) is 0.109. The normalized spacial score (nSPS) is 16.4. The average Bonchev–Trinajstić information content (AvgIpc) is 2.82. The van der Waals surface area contributed by atoms with Crippen molar-refractivity contribution in [2.45, 2.75) is 25.9 Å². The van der Waals surface area contributed by atoms with Gasteiger partial charge in [-0.1, -0.05) is 23.7 Å². The van der Waals surface area contributed by atoms with Gasteiger partial charge >= 0.3 is 5.69 Å². The van der Waals surface area contributed by atoms with Crippen LogP contribution in [-0.2, 0) is 6.67 Å². The van der Waals surface area contributed by atoms with Crippen LogP contribution in [0.15, 0.2) is 29.1 Å². The van der Waals surface area contributed by atoms with Crippen LogP contribution in [0.3, 0.4) is 0 Å². The monoisotopic (exact) mass is 294 g/mol. The first-order chi connectivity index (χ1) is 9.75. The van der Waals surface area contributed by atoms with Gasteiger partial charge in [-0.15, -0.1) is 4.68 Å². The first-order valence-corrected chi connectivity index (χ1v) is 7.25. The number of benzene rings is 1. The quantitative estimate of drug-likeness (QED) is 0.874. The molecule has 7 heteroatoms. The number of likely N-dealkylation sites (tertiary alicyclic amines) is 1. The zero-order valence-corrected chi connectivity index (χ0v) is 11.9. The van der Waals surface area contributed by atoms with Gasteiger partial charge in [0.1, 0.15) is 0 Å². The highest BCUT2D eigenvalue weighted by atomic mass is 35.5. The van der Waals surface area contributed by atoms with Crippen LogP contribution in [0, 0.1) is 0 Å². The Morgan fingerprint density at radius 3 is 2.65 bits per heavy atom. The Labute approximate surface area is 121 Å². The Morgan fingerprint density at radius 2 is 1.90 bits per heavy atom. The molecule has 20 heavy (non-hydrogen) atoms. The number of piperidine rings is 1. The molecule has 0 saturated carbocycles. The van der Waals surface area contributed by atoms with Gasteiger partial charge in [-0.2, -0.15) is 4.68 Å². The maximum Gasteiger partial charge on any atom is 0.373 e. The minimum absolute atomic E-state index is 0.240. The van der Waals surface area contributed by atoms with Crippen molar-refractivity contribution in [2.75, 3.05) is 13.1 Å². The second-order valence-corrected chi connectivity index (χ2v) is 5.50. The lowest BCUT2D eigenvalue weighted by atomic mass is 10.1. The minimum atomic E-state index is -0.240. The topological polar surface area (TPSA) is 57.1 Å². The lowest BCUT2D eigenvalue weighted by Gasteiger charge is -2.22. The number of tetrazole rings is 1. The number of rotatable bonds is 3. The summed E-state index contributed by atoms with van der Waals surface area (Å²) in [6, 6.07) is 7.14. The third kappa shape index (κ3) is 2.62. The first kappa shape index (κ1) is 13.3. The van der Waals surface area contributed by atoms with E-state index in [1.807, 2.05) is 12.1 Å². The van der Waals surface area contributed by atoms with E-state index in [2.05, 4.69) is 10.4 Å². The maximum absolute atomic E-state index is 12.3. The fourth-order valence-electron chi connectivity index (χ4n) is 2.57. The number of hydrogen-bond acceptors (Lipinski definition) is 3. The Bertz CT molecular complexity index is 644. The SMILES string of the molecule is O=c1n(C[NH+]2CCCCC2)nnn1-c1ccccc1Cl. The molecule has 1 aliphatic rings. The highest BCUT2D eigenvalue weighted by Gasteiger charge is 2.18. The zero-order valence-electron chi connectivity index (χ0n) is 11.1. The molecule has 0 radical (unpaired) electrons. The van der Waals surface area contributed by atoms with Crippen LogP contribution in [0.5, 0.6) is 0 Å². The minimum Gasteiger partial charge on any atom is -0.316 e. The molecule has 1 aromatic carbocycles. The number of aromatic nitrogens is 4. The van der Waals surface area contributed by atoms with E-state index in [4.69, 9.17) is 11.6 Å². The summed E-state index contributed by atoms with van der Waals surface area (Å²) in [5.41, 5.74) is 0.329. The fraction of sp³-hybridized carbons (Fsp3) is 0.462. The summed E-state index contributed by atoms with van der Waals surface area (Å²) in [4.78, 5) is 13.7. The predicted molar refractivity (Wildman–Crippen MR) is 75.2 cm³/mol. The zero-order chi connectivity index (χ0) is 13.9. The van der Waals surface area contributed by atoms with Crippen molar-refractivity contribution in [3.8, 4) is 5.69 Å². The summed E-state index contributed by atoms with van der Waals surface area (Å²) < 4.78 is 2.68. The van der Waals surface area contributed by atoms with Crippen molar-refractivity contribution in [1.29, 1.82) is 0 Å². The molecule has 1 aromatic heterocycles. The van der Waals surface area contributed by atoms with Crippen LogP contribution in [0.1, 0.15) is 19.3 Å². The van der Waals surface area contributed by atoms with Gasteiger partial charge in [-0.05, 0) is 41.8 Å². The molecule has 0 atom stereocenters. The molecule has 0 aliphatic carbocycles. The van der Waals surface area contributed by atoms with Crippen molar-refractivity contribution >= 4 is 11.6 Å². The van der Waals surface area contributed by atoms with E-state index in [0.29, 0.717) is 17.4 Å². The summed E-state index contributed by atoms with van der Waals surface area (Å²) in [7, 11) is 0. The standard InChI is InChI=1S/C13H16ClN5O/c14-11-6-2-3-7-12(11)19-13(20)18(15-16-19)10-17-8-4-1-5-9-17/h2-3,6-7H,1,4-5,8-10H2/p+1. The first-order valence-electron chi connectivity index (χ1n) is 6.87. The van der Waals surface area contributed by atoms with Crippen LogP contribution in [0.2, 0.25) is 5.02 Å². The van der Waals surface area contributed by atoms with Crippen LogP contribution in [-0.4, -0.2) is 32.9 Å². The number of para-hydroxylation sites is 1. The van der Waals surface area contributed by atoms with Crippen molar-refractivity contribution < 1.29 is 4.90 Å². The average molecular weight is 295 g/mol. The molecule has 2 aromatic rings. The molecular weight excluding hydrogens is 278 g/mol. The number of nitrogens with zero attached hydrogens (tertiary/aromatic N) is 4. The molecular formula is C13H17ClN5O+. The van der Waals surface area contributed by atoms with E-state index in [-0.39, 0.29) is 5.69 Å². The van der Waals surface area contributed by atoms with Crippen molar-refractivity contribution in [3.63, 3.8) is 0 Å². The molecule has 6 nitrogen and oxygen atoms in total. The maximum atomic E-state index is 12.3. The lowest BCUT2D eigenvalue weighted by Crippen LogP contribution is -3.12. The second kappa shape index (κ2) is 5.76. The Balaban J connectivity index is 1.85. The second-order valence-electron chi connectivity index (χ2n) is 5.09. The fourth-order valence-corrected chi connectivity index (χ4v) is 2.79. The molecule has 0 unspecified atom stereocenters. The van der Waals surface area contributed by atoms with Crippen molar-refractivity contribution in [1.82, 2.24) is 19.8 Å². The van der Waals surface area contributed by atoms with Gasteiger partial charge in [0.25, 0.3) is 0 Å². The summed E-state index contributed by atoms with van der Waals surface area (Å²) in [6.45, 7) is 2.75. The van der Waals surface area contributed by atoms with Crippen molar-refractivity contribution in [3.05, 3.63) is 39.8 Å². The molecule has 0 amide bonds. The van der Waals surface area contributed by atoms with E-state index in [9.17, 15) is 4.79 Å². The number of quaternary nitrogens is 1. The van der Waals surface area contributed by atoms with Gasteiger partial charge in [0, 0.05) is 0 Å². The van der Waals surface area contributed by atoms with Crippen LogP contribution >= 0.6 is 11.6 Å². The molecule has 1 fully saturated rings. The Kier molecular flexibility index (Phi) is 3.84. The van der Waals surface area contributed by atoms with E-state index < -0.39 is 0 Å². The van der Waals surface area contributed by atoms with E-state index in [0.717, 1.165) is 13.1 Å². The van der Waals surface area contributed by atoms with Gasteiger partial charge in [0.15, 0.2) is 6.67 Å². The largest absolute Gasteiger partial charge is 0.373 e. The van der Waals surface area contributed by atoms with Gasteiger partial charge in [-0.3, -0.25) is 0 Å². The van der Waals surface area contributed by atoms with Crippen LogP contribution < -0.4 is 10.6 Å². The smallest absolute Gasteiger partial charge is 0.316 e. The molecule has 1 aliphatic heterocycles. The summed E-state index contributed by atoms with van der Waals surface area (Å²) in [5, 5.41) is 8.39. The Hall–Kier alpha value is -1.66. The third-order valence-electron chi connectivity index (χ3n) is 3.65. The molecule has 2 heterocycles. The molecule has 3 rings (SSSR count). The van der Waals surface area contributed by atoms with Gasteiger partial charge in [-0.25, -0.2) is 4.79 Å². The summed E-state index contributed by atoms with van der Waals surface area (Å²) >= 11 is 6.09. The molecule has 1 N–H and O–H groups in total. The summed E-state index contributed by atoms with van der Waals surface area (Å²) in [6.07, 6.45) is 3.70. The molecule has 106 valence electrons. The van der Waals surface area contributed by atoms with Gasteiger partial charge < -0.3 is 4.90 Å². The molecule has 0 bridgehead atoms. The lowest BCUT2D eigenvalue weighted by molar-refractivity contribution is -0.928. The highest BCUT2D eigenvalue weighted by molar-refractivity contribution is 6.32. The number of halogens is 1. The van der Waals surface area contributed by atoms with Gasteiger partial charge in [0.2, 0.25) is 0 Å². The van der Waals surface area contributed by atoms with E-state index >= 15 is 0 Å². The van der Waals surface area contributed by atoms with Crippen molar-refractivity contribution in [2.24, 2.45) is 0 Å². The third-order valence-corrected chi connectivity index (χ3v) is 3.97. The number of hydrogen-bond donors (Lipinski definition) is 1. The van der Waals surface area contributed by atoms with E-state index in [1.54, 1.807) is 12.1 Å². The summed E-state index contributed by atoms with van der Waals surface area (Å²) in [5.74, 6) is 0. The van der Waals surface area contributed by atoms with Crippen LogP contribution in [0.25, 0.3) is 5.69 Å². The molecule has 1 saturated heterocycles. The van der Waals surface area contributed by atoms with Crippen LogP contribution in [0.4, 0.5) is 0 Å². The van der Waals surface area contributed by atoms with Gasteiger partial charge in [0.05, 0.1) is 23.8 Å². The Morgan fingerprint density at radius 1 is 1.15 bits per heavy atom. The van der Waals surface area contributed by atoms with E-state index in [1.165, 1.54) is 33.5 Å². The highest BCUT2D eigenvalue weighted by Crippen LogP contribution is 2.16.